The number of ether oxygens (including phenoxy) is 4. The van der Waals surface area contributed by atoms with Crippen LogP contribution in [0.4, 0.5) is 14.9 Å². The summed E-state index contributed by atoms with van der Waals surface area (Å²) in [7, 11) is 1.55. The third kappa shape index (κ3) is 4.98. The second kappa shape index (κ2) is 10.2. The molecule has 12 heteroatoms. The molecular weight excluding hydrogens is 547 g/mol. The summed E-state index contributed by atoms with van der Waals surface area (Å²) < 4.78 is 36.4. The minimum Gasteiger partial charge on any atom is -0.484 e. The maximum Gasteiger partial charge on any atom is 0.411 e. The summed E-state index contributed by atoms with van der Waals surface area (Å²) in [6.07, 6.45) is 0.327. The normalized spacial score (nSPS) is 14.4. The fourth-order valence-electron chi connectivity index (χ4n) is 4.17. The van der Waals surface area contributed by atoms with Crippen LogP contribution in [-0.4, -0.2) is 47.5 Å². The van der Waals surface area contributed by atoms with Crippen LogP contribution in [-0.2, 0) is 4.74 Å². The molecule has 0 bridgehead atoms. The van der Waals surface area contributed by atoms with Crippen LogP contribution in [0, 0.1) is 12.7 Å². The summed E-state index contributed by atoms with van der Waals surface area (Å²) in [5, 5.41) is 3.64. The van der Waals surface area contributed by atoms with E-state index in [1.54, 1.807) is 19.4 Å². The third-order valence-corrected chi connectivity index (χ3v) is 7.32. The van der Waals surface area contributed by atoms with Gasteiger partial charge in [-0.1, -0.05) is 11.6 Å². The van der Waals surface area contributed by atoms with Gasteiger partial charge in [-0.25, -0.2) is 24.1 Å². The number of amides is 1. The lowest BCUT2D eigenvalue weighted by Crippen LogP contribution is -2.35. The number of thiazole rings is 1. The van der Waals surface area contributed by atoms with Crippen molar-refractivity contribution in [2.24, 2.45) is 0 Å². The molecule has 0 radical (unpaired) electrons. The maximum absolute atomic E-state index is 13.1. The van der Waals surface area contributed by atoms with Gasteiger partial charge in [-0.15, -0.1) is 11.3 Å². The van der Waals surface area contributed by atoms with E-state index < -0.39 is 18.0 Å². The van der Waals surface area contributed by atoms with Crippen molar-refractivity contribution in [3.8, 4) is 28.0 Å². The molecule has 0 fully saturated rings. The molecule has 1 N–H and O–H groups in total. The number of carbonyl (C=O) groups is 1. The Balaban J connectivity index is 1.24. The number of hydrogen-bond acceptors (Lipinski definition) is 9. The lowest BCUT2D eigenvalue weighted by atomic mass is 10.1. The summed E-state index contributed by atoms with van der Waals surface area (Å²) in [5.41, 5.74) is 4.21. The number of hydrogen-bond donors (Lipinski definition) is 1. The zero-order valence-electron chi connectivity index (χ0n) is 20.7. The van der Waals surface area contributed by atoms with Gasteiger partial charge < -0.3 is 18.9 Å². The summed E-state index contributed by atoms with van der Waals surface area (Å²) >= 11 is 8.02. The molecule has 2 aromatic heterocycles. The Bertz CT molecular complexity index is 1730. The molecule has 3 aromatic carbocycles. The molecule has 0 spiro atoms. The topological polar surface area (TPSA) is 105 Å². The summed E-state index contributed by atoms with van der Waals surface area (Å²) in [4.78, 5) is 26.0. The van der Waals surface area contributed by atoms with Gasteiger partial charge in [-0.05, 0) is 48.9 Å². The zero-order chi connectivity index (χ0) is 27.1. The monoisotopic (exact) mass is 566 g/mol. The molecule has 3 heterocycles. The highest BCUT2D eigenvalue weighted by molar-refractivity contribution is 7.22. The quantitative estimate of drug-likeness (QED) is 0.260. The highest BCUT2D eigenvalue weighted by Gasteiger charge is 2.28. The van der Waals surface area contributed by atoms with E-state index in [2.05, 4.69) is 15.3 Å². The number of aryl methyl sites for hydroxylation is 1. The standard InChI is InChI=1S/C27H20ClFN4O5S/c1-13-7-17(22-19(8-13)32-21(35-2)10-30-22)26-33-23-18(28)9-20-24(25(23)39-26)36-11-16(38-20)12-37-27(34)31-15-5-3-14(29)4-6-15/h3-10,16H,11-12H2,1-2H3,(H,31,34). The molecule has 6 rings (SSSR count). The second-order valence-electron chi connectivity index (χ2n) is 8.76. The molecule has 1 amide bonds. The number of benzene rings is 3. The van der Waals surface area contributed by atoms with Gasteiger partial charge in [0.05, 0.1) is 29.4 Å². The number of aromatic nitrogens is 3. The predicted octanol–water partition coefficient (Wildman–Crippen LogP) is 6.40. The largest absolute Gasteiger partial charge is 0.484 e. The number of carbonyl (C=O) groups excluding carboxylic acids is 1. The molecular formula is C27H20ClFN4O5S. The third-order valence-electron chi connectivity index (χ3n) is 5.95. The highest BCUT2D eigenvalue weighted by atomic mass is 35.5. The van der Waals surface area contributed by atoms with Crippen LogP contribution >= 0.6 is 22.9 Å². The average molecular weight is 567 g/mol. The summed E-state index contributed by atoms with van der Waals surface area (Å²) in [6.45, 7) is 2.07. The van der Waals surface area contributed by atoms with Crippen LogP contribution in [0.2, 0.25) is 5.02 Å². The molecule has 5 aromatic rings. The van der Waals surface area contributed by atoms with Gasteiger partial charge in [0.2, 0.25) is 5.88 Å². The fourth-order valence-corrected chi connectivity index (χ4v) is 5.57. The minimum absolute atomic E-state index is 0.0620. The van der Waals surface area contributed by atoms with Crippen molar-refractivity contribution in [2.45, 2.75) is 13.0 Å². The Kier molecular flexibility index (Phi) is 6.53. The summed E-state index contributed by atoms with van der Waals surface area (Å²) in [5.74, 6) is 0.982. The Labute approximate surface area is 230 Å². The molecule has 0 saturated carbocycles. The molecule has 1 aliphatic heterocycles. The van der Waals surface area contributed by atoms with Crippen LogP contribution in [0.25, 0.3) is 31.8 Å². The summed E-state index contributed by atoms with van der Waals surface area (Å²) in [6, 6.07) is 10.9. The number of nitrogens with one attached hydrogen (secondary N) is 1. The zero-order valence-corrected chi connectivity index (χ0v) is 22.2. The number of nitrogens with zero attached hydrogens (tertiary/aromatic N) is 3. The Hall–Kier alpha value is -4.22. The van der Waals surface area contributed by atoms with E-state index in [0.717, 1.165) is 15.8 Å². The van der Waals surface area contributed by atoms with E-state index in [1.165, 1.54) is 35.6 Å². The van der Waals surface area contributed by atoms with Gasteiger partial charge >= 0.3 is 6.09 Å². The van der Waals surface area contributed by atoms with Crippen molar-refractivity contribution < 1.29 is 28.1 Å². The van der Waals surface area contributed by atoms with E-state index in [1.807, 2.05) is 19.1 Å². The van der Waals surface area contributed by atoms with Gasteiger partial charge in [-0.3, -0.25) is 5.32 Å². The lowest BCUT2D eigenvalue weighted by molar-refractivity contribution is 0.0384. The van der Waals surface area contributed by atoms with Crippen LogP contribution in [0.3, 0.4) is 0 Å². The van der Waals surface area contributed by atoms with E-state index in [9.17, 15) is 9.18 Å². The van der Waals surface area contributed by atoms with Crippen molar-refractivity contribution in [2.75, 3.05) is 25.6 Å². The number of rotatable bonds is 5. The Morgan fingerprint density at radius 1 is 1.21 bits per heavy atom. The molecule has 0 aliphatic carbocycles. The van der Waals surface area contributed by atoms with E-state index in [4.69, 9.17) is 35.5 Å². The SMILES string of the molecule is COc1cnc2c(-c3nc4c(Cl)cc5c(c4s3)OCC(COC(=O)Nc3ccc(F)cc3)O5)cc(C)cc2n1. The minimum atomic E-state index is -0.692. The average Bonchev–Trinajstić information content (AvgIpc) is 3.38. The van der Waals surface area contributed by atoms with Gasteiger partial charge in [0, 0.05) is 17.3 Å². The van der Waals surface area contributed by atoms with Crippen molar-refractivity contribution in [1.82, 2.24) is 15.0 Å². The Morgan fingerprint density at radius 2 is 2.03 bits per heavy atom. The first-order valence-corrected chi connectivity index (χ1v) is 13.0. The van der Waals surface area contributed by atoms with Crippen molar-refractivity contribution in [3.05, 3.63) is 65.1 Å². The Morgan fingerprint density at radius 3 is 2.82 bits per heavy atom. The smallest absolute Gasteiger partial charge is 0.411 e. The van der Waals surface area contributed by atoms with E-state index in [-0.39, 0.29) is 13.2 Å². The van der Waals surface area contributed by atoms with Crippen molar-refractivity contribution in [3.63, 3.8) is 0 Å². The maximum atomic E-state index is 13.1. The number of methoxy groups -OCH3 is 1. The fraction of sp³-hybridized carbons (Fsp3) is 0.185. The molecule has 39 heavy (non-hydrogen) atoms. The van der Waals surface area contributed by atoms with Gasteiger partial charge in [0.15, 0.2) is 17.6 Å². The molecule has 1 aliphatic rings. The van der Waals surface area contributed by atoms with Crippen LogP contribution < -0.4 is 19.5 Å². The number of anilines is 1. The first-order valence-electron chi connectivity index (χ1n) is 11.8. The van der Waals surface area contributed by atoms with Crippen molar-refractivity contribution >= 4 is 56.0 Å². The van der Waals surface area contributed by atoms with Gasteiger partial charge in [-0.2, -0.15) is 0 Å². The first-order chi connectivity index (χ1) is 18.9. The predicted molar refractivity (Wildman–Crippen MR) is 146 cm³/mol. The number of halogens is 2. The molecule has 9 nitrogen and oxygen atoms in total. The second-order valence-corrected chi connectivity index (χ2v) is 10.2. The molecule has 0 saturated heterocycles. The van der Waals surface area contributed by atoms with E-state index in [0.29, 0.717) is 49.6 Å². The molecule has 1 atom stereocenters. The van der Waals surface area contributed by atoms with Gasteiger partial charge in [0.25, 0.3) is 0 Å². The van der Waals surface area contributed by atoms with E-state index >= 15 is 0 Å². The van der Waals surface area contributed by atoms with Crippen molar-refractivity contribution in [1.29, 1.82) is 0 Å². The van der Waals surface area contributed by atoms with Gasteiger partial charge in [0.1, 0.15) is 34.3 Å². The van der Waals surface area contributed by atoms with Crippen LogP contribution in [0.1, 0.15) is 5.56 Å². The van der Waals surface area contributed by atoms with Crippen LogP contribution in [0.5, 0.6) is 17.4 Å². The van der Waals surface area contributed by atoms with Crippen LogP contribution in [0.15, 0.2) is 48.7 Å². The number of fused-ring (bicyclic) bond motifs is 4. The highest BCUT2D eigenvalue weighted by Crippen LogP contribution is 2.47. The lowest BCUT2D eigenvalue weighted by Gasteiger charge is -2.26. The molecule has 198 valence electrons. The first kappa shape index (κ1) is 25.1. The molecule has 1 unspecified atom stereocenters.